The highest BCUT2D eigenvalue weighted by molar-refractivity contribution is 7.45. The summed E-state index contributed by atoms with van der Waals surface area (Å²) in [5.41, 5.74) is 0. The van der Waals surface area contributed by atoms with Gasteiger partial charge in [0.2, 0.25) is 5.91 Å². The van der Waals surface area contributed by atoms with Crippen molar-refractivity contribution in [3.05, 3.63) is 24.3 Å². The molecule has 0 aliphatic rings. The first kappa shape index (κ1) is 73.5. The molecule has 3 unspecified atom stereocenters. The molecule has 0 saturated heterocycles. The molecule has 0 fully saturated rings. The second kappa shape index (κ2) is 55.8. The van der Waals surface area contributed by atoms with Crippen molar-refractivity contribution in [3.63, 3.8) is 0 Å². The number of allylic oxidation sites excluding steroid dienone is 3. The number of phosphoric acid groups is 1. The van der Waals surface area contributed by atoms with Gasteiger partial charge in [0, 0.05) is 12.8 Å². The van der Waals surface area contributed by atoms with Gasteiger partial charge in [-0.2, -0.15) is 0 Å². The van der Waals surface area contributed by atoms with Crippen LogP contribution in [0, 0.1) is 0 Å². The Hall–Kier alpha value is -1.51. The molecule has 0 aromatic rings. The van der Waals surface area contributed by atoms with E-state index in [2.05, 4.69) is 38.2 Å². The molecule has 444 valence electrons. The minimum atomic E-state index is -4.69. The van der Waals surface area contributed by atoms with Crippen molar-refractivity contribution in [2.45, 2.75) is 341 Å². The van der Waals surface area contributed by atoms with Gasteiger partial charge in [0.05, 0.1) is 33.8 Å². The van der Waals surface area contributed by atoms with Crippen LogP contribution in [0.1, 0.15) is 329 Å². The SMILES string of the molecule is CCCC/C=C\CCCCCCCC(=O)NC(COP(=O)([O-])OCC[N+](C)(C)C)C(/C=C\CCCCCCCCCCC)OC(=O)CCCCCCCCCCCCCCCCCCCCCCCCCCCCC. The topological polar surface area (TPSA) is 114 Å². The van der Waals surface area contributed by atoms with E-state index in [0.717, 1.165) is 83.5 Å². The summed E-state index contributed by atoms with van der Waals surface area (Å²) < 4.78 is 30.3. The fraction of sp³-hybridized carbons (Fsp3) is 0.908. The lowest BCUT2D eigenvalue weighted by molar-refractivity contribution is -0.870. The van der Waals surface area contributed by atoms with Gasteiger partial charge in [-0.1, -0.05) is 289 Å². The maximum Gasteiger partial charge on any atom is 0.306 e. The van der Waals surface area contributed by atoms with Crippen LogP contribution in [0.5, 0.6) is 0 Å². The molecule has 3 atom stereocenters. The Morgan fingerprint density at radius 3 is 1.17 bits per heavy atom. The average molecular weight is 1080 g/mol. The Bertz CT molecular complexity index is 1340. The van der Waals surface area contributed by atoms with Crippen LogP contribution >= 0.6 is 7.82 Å². The van der Waals surface area contributed by atoms with Crippen LogP contribution in [-0.4, -0.2) is 69.4 Å². The van der Waals surface area contributed by atoms with E-state index in [-0.39, 0.29) is 31.5 Å². The number of carbonyl (C=O) groups is 2. The Morgan fingerprint density at radius 2 is 0.787 bits per heavy atom. The van der Waals surface area contributed by atoms with Crippen molar-refractivity contribution >= 4 is 19.7 Å². The molecule has 0 spiro atoms. The fourth-order valence-corrected chi connectivity index (χ4v) is 10.5. The Kier molecular flexibility index (Phi) is 54.7. The molecule has 0 radical (unpaired) electrons. The van der Waals surface area contributed by atoms with Crippen molar-refractivity contribution in [1.82, 2.24) is 5.32 Å². The number of ether oxygens (including phenoxy) is 1. The third-order valence-corrected chi connectivity index (χ3v) is 15.8. The predicted octanol–water partition coefficient (Wildman–Crippen LogP) is 19.5. The lowest BCUT2D eigenvalue weighted by atomic mass is 10.0. The second-order valence-electron chi connectivity index (χ2n) is 23.6. The summed E-state index contributed by atoms with van der Waals surface area (Å²) in [6, 6.07) is -0.886. The molecular formula is C65H127N2O7P. The first-order valence-electron chi connectivity index (χ1n) is 32.6. The summed E-state index contributed by atoms with van der Waals surface area (Å²) in [6.45, 7) is 6.83. The molecule has 9 nitrogen and oxygen atoms in total. The van der Waals surface area contributed by atoms with E-state index in [0.29, 0.717) is 17.4 Å². The van der Waals surface area contributed by atoms with Crippen LogP contribution in [0.2, 0.25) is 0 Å². The van der Waals surface area contributed by atoms with Crippen LogP contribution in [0.25, 0.3) is 0 Å². The zero-order valence-electron chi connectivity index (χ0n) is 50.8. The molecule has 0 aromatic heterocycles. The Balaban J connectivity index is 4.89. The Morgan fingerprint density at radius 1 is 0.453 bits per heavy atom. The number of amides is 1. The molecule has 0 rings (SSSR count). The van der Waals surface area contributed by atoms with Crippen molar-refractivity contribution in [2.24, 2.45) is 0 Å². The van der Waals surface area contributed by atoms with E-state index < -0.39 is 20.0 Å². The van der Waals surface area contributed by atoms with Gasteiger partial charge in [-0.15, -0.1) is 0 Å². The first-order chi connectivity index (χ1) is 36.4. The van der Waals surface area contributed by atoms with Gasteiger partial charge in [-0.25, -0.2) is 0 Å². The molecule has 1 N–H and O–H groups in total. The number of likely N-dealkylation sites (N-methyl/N-ethyl adjacent to an activating group) is 1. The highest BCUT2D eigenvalue weighted by Gasteiger charge is 2.27. The number of esters is 1. The van der Waals surface area contributed by atoms with Gasteiger partial charge in [0.1, 0.15) is 19.3 Å². The number of quaternary nitrogens is 1. The zero-order chi connectivity index (χ0) is 55.0. The van der Waals surface area contributed by atoms with E-state index in [4.69, 9.17) is 13.8 Å². The number of nitrogens with one attached hydrogen (secondary N) is 1. The molecule has 0 aliphatic carbocycles. The summed E-state index contributed by atoms with van der Waals surface area (Å²) in [5.74, 6) is -0.538. The summed E-state index contributed by atoms with van der Waals surface area (Å²) in [6.07, 6.45) is 66.1. The van der Waals surface area contributed by atoms with Crippen LogP contribution in [-0.2, 0) is 27.9 Å². The largest absolute Gasteiger partial charge is 0.756 e. The minimum Gasteiger partial charge on any atom is -0.756 e. The normalized spacial score (nSPS) is 13.7. The van der Waals surface area contributed by atoms with Crippen molar-refractivity contribution in [1.29, 1.82) is 0 Å². The van der Waals surface area contributed by atoms with Gasteiger partial charge in [0.15, 0.2) is 0 Å². The monoisotopic (exact) mass is 1080 g/mol. The van der Waals surface area contributed by atoms with E-state index >= 15 is 0 Å². The smallest absolute Gasteiger partial charge is 0.306 e. The minimum absolute atomic E-state index is 0.0207. The molecular weight excluding hydrogens is 952 g/mol. The first-order valence-corrected chi connectivity index (χ1v) is 34.1. The van der Waals surface area contributed by atoms with Gasteiger partial charge >= 0.3 is 5.97 Å². The molecule has 0 heterocycles. The lowest BCUT2D eigenvalue weighted by Crippen LogP contribution is -2.47. The van der Waals surface area contributed by atoms with E-state index in [9.17, 15) is 19.0 Å². The third kappa shape index (κ3) is 57.0. The molecule has 0 bridgehead atoms. The van der Waals surface area contributed by atoms with E-state index in [1.165, 1.54) is 212 Å². The van der Waals surface area contributed by atoms with Gasteiger partial charge in [-0.3, -0.25) is 14.2 Å². The standard InChI is InChI=1S/C65H127N2O7P/c1-7-10-13-16-19-22-25-26-27-28-29-30-31-32-33-34-35-36-37-38-39-40-43-46-49-52-55-58-65(69)74-63(56-53-50-47-44-41-23-20-17-14-11-8-2)62(61-73-75(70,71)72-60-59-67(4,5)6)66-64(68)57-54-51-48-45-42-24-21-18-15-12-9-3/h18,21,53,56,62-63H,7-17,19-20,22-52,54-55,57-61H2,1-6H3,(H-,66,68,70,71)/b21-18-,56-53-. The third-order valence-electron chi connectivity index (χ3n) is 14.9. The second-order valence-corrected chi connectivity index (χ2v) is 25.0. The van der Waals surface area contributed by atoms with Gasteiger partial charge < -0.3 is 28.5 Å². The van der Waals surface area contributed by atoms with Crippen molar-refractivity contribution in [3.8, 4) is 0 Å². The van der Waals surface area contributed by atoms with E-state index in [1.807, 2.05) is 33.3 Å². The Labute approximate surface area is 466 Å². The van der Waals surface area contributed by atoms with Gasteiger partial charge in [-0.05, 0) is 51.0 Å². The fourth-order valence-electron chi connectivity index (χ4n) is 9.80. The number of hydrogen-bond acceptors (Lipinski definition) is 7. The van der Waals surface area contributed by atoms with Crippen LogP contribution in [0.3, 0.4) is 0 Å². The summed E-state index contributed by atoms with van der Waals surface area (Å²) in [7, 11) is 1.19. The van der Waals surface area contributed by atoms with E-state index in [1.54, 1.807) is 0 Å². The summed E-state index contributed by atoms with van der Waals surface area (Å²) in [5, 5.41) is 3.02. The molecule has 0 saturated carbocycles. The molecule has 0 aromatic carbocycles. The molecule has 0 aliphatic heterocycles. The number of unbranched alkanes of at least 4 members (excludes halogenated alkanes) is 42. The molecule has 75 heavy (non-hydrogen) atoms. The number of rotatable bonds is 60. The summed E-state index contributed by atoms with van der Waals surface area (Å²) in [4.78, 5) is 39.9. The molecule has 10 heteroatoms. The maximum atomic E-state index is 13.5. The number of phosphoric ester groups is 1. The maximum absolute atomic E-state index is 13.5. The van der Waals surface area contributed by atoms with Crippen molar-refractivity contribution in [2.75, 3.05) is 40.9 Å². The summed E-state index contributed by atoms with van der Waals surface area (Å²) >= 11 is 0. The number of hydrogen-bond donors (Lipinski definition) is 1. The van der Waals surface area contributed by atoms with Crippen LogP contribution in [0.15, 0.2) is 24.3 Å². The quantitative estimate of drug-likeness (QED) is 0.0212. The lowest BCUT2D eigenvalue weighted by Gasteiger charge is -2.30. The number of carbonyl (C=O) groups excluding carboxylic acids is 2. The van der Waals surface area contributed by atoms with Crippen molar-refractivity contribution < 1.29 is 37.3 Å². The van der Waals surface area contributed by atoms with Gasteiger partial charge in [0.25, 0.3) is 7.82 Å². The zero-order valence-corrected chi connectivity index (χ0v) is 51.7. The molecule has 1 amide bonds. The van der Waals surface area contributed by atoms with Crippen LogP contribution in [0.4, 0.5) is 0 Å². The average Bonchev–Trinajstić information content (AvgIpc) is 3.37. The predicted molar refractivity (Wildman–Crippen MR) is 321 cm³/mol. The van der Waals surface area contributed by atoms with Crippen LogP contribution < -0.4 is 10.2 Å². The highest BCUT2D eigenvalue weighted by Crippen LogP contribution is 2.38. The highest BCUT2D eigenvalue weighted by atomic mass is 31.2. The number of nitrogens with zero attached hydrogens (tertiary/aromatic N) is 1.